The maximum Gasteiger partial charge on any atom is 0.317 e. The lowest BCUT2D eigenvalue weighted by atomic mass is 9.92. The molecule has 3 nitrogen and oxygen atoms in total. The number of benzene rings is 6. The molecule has 0 saturated carbocycles. The fraction of sp³-hybridized carbons (Fsp3) is 0.0513. The summed E-state index contributed by atoms with van der Waals surface area (Å²) in [6.45, 7) is 3.42. The van der Waals surface area contributed by atoms with Gasteiger partial charge in [0.2, 0.25) is 0 Å². The lowest BCUT2D eigenvalue weighted by Crippen LogP contribution is -1.92. The van der Waals surface area contributed by atoms with Crippen LogP contribution in [0.1, 0.15) is 34.7 Å². The monoisotopic (exact) mass is 574 g/mol. The zero-order valence-corrected chi connectivity index (χ0v) is 24.5. The Bertz CT molecular complexity index is 2010. The van der Waals surface area contributed by atoms with E-state index in [2.05, 4.69) is 103 Å². The molecule has 0 N–H and O–H groups in total. The Morgan fingerprint density at radius 3 is 1.42 bits per heavy atom. The van der Waals surface area contributed by atoms with Crippen molar-refractivity contribution < 1.29 is 13.2 Å². The maximum absolute atomic E-state index is 10.9. The molecule has 0 bridgehead atoms. The van der Waals surface area contributed by atoms with Crippen molar-refractivity contribution in [3.8, 4) is 40.6 Å². The molecule has 6 aromatic carbocycles. The number of hydrogen-bond acceptors (Lipinski definition) is 4. The van der Waals surface area contributed by atoms with Gasteiger partial charge >= 0.3 is 5.97 Å². The smallest absolute Gasteiger partial charge is 0.317 e. The lowest BCUT2D eigenvalue weighted by Gasteiger charge is -2.10. The molecule has 0 unspecified atom stereocenters. The molecule has 0 aliphatic carbocycles. The van der Waals surface area contributed by atoms with Crippen molar-refractivity contribution in [1.29, 1.82) is 0 Å². The molecular formula is C39H26O3S. The normalized spacial score (nSPS) is 10.4. The fourth-order valence-electron chi connectivity index (χ4n) is 4.86. The number of carbonyl (C=O) groups excluding carboxylic acids is 1. The SMILES string of the molecule is CC(=O)OSOc1ccc(C#Cc2c3ccccc3c(C#Cc3ccc(-c4ccc(C)cc4)cc3)c3ccccc23)cc1. The van der Waals surface area contributed by atoms with Gasteiger partial charge in [-0.25, -0.2) is 0 Å². The van der Waals surface area contributed by atoms with Crippen molar-refractivity contribution in [1.82, 2.24) is 0 Å². The van der Waals surface area contributed by atoms with Crippen LogP contribution in [0.5, 0.6) is 5.75 Å². The van der Waals surface area contributed by atoms with E-state index in [1.807, 2.05) is 36.4 Å². The molecule has 0 radical (unpaired) electrons. The summed E-state index contributed by atoms with van der Waals surface area (Å²) in [7, 11) is 0. The van der Waals surface area contributed by atoms with Gasteiger partial charge < -0.3 is 8.37 Å². The number of aryl methyl sites for hydroxylation is 1. The third-order valence-corrected chi connectivity index (χ3v) is 7.56. The molecule has 4 heteroatoms. The molecule has 0 amide bonds. The Hall–Kier alpha value is -5.42. The van der Waals surface area contributed by atoms with E-state index in [0.717, 1.165) is 43.8 Å². The summed E-state index contributed by atoms with van der Waals surface area (Å²) in [5, 5.41) is 4.26. The summed E-state index contributed by atoms with van der Waals surface area (Å²) in [6, 6.07) is 40.9. The van der Waals surface area contributed by atoms with Crippen LogP contribution >= 0.6 is 12.3 Å². The molecule has 0 fully saturated rings. The van der Waals surface area contributed by atoms with Gasteiger partial charge in [-0.15, -0.1) is 0 Å². The second-order valence-corrected chi connectivity index (χ2v) is 10.5. The van der Waals surface area contributed by atoms with Gasteiger partial charge in [0.05, 0.1) is 0 Å². The molecule has 0 atom stereocenters. The van der Waals surface area contributed by atoms with E-state index in [4.69, 9.17) is 8.37 Å². The summed E-state index contributed by atoms with van der Waals surface area (Å²) in [5.41, 5.74) is 7.38. The average Bonchev–Trinajstić information content (AvgIpc) is 3.04. The van der Waals surface area contributed by atoms with Gasteiger partial charge in [-0.05, 0) is 76.0 Å². The van der Waals surface area contributed by atoms with Crippen molar-refractivity contribution in [2.24, 2.45) is 0 Å². The van der Waals surface area contributed by atoms with Crippen molar-refractivity contribution >= 4 is 39.8 Å². The van der Waals surface area contributed by atoms with Gasteiger partial charge in [-0.1, -0.05) is 114 Å². The van der Waals surface area contributed by atoms with Crippen molar-refractivity contribution in [2.75, 3.05) is 0 Å². The molecular weight excluding hydrogens is 548 g/mol. The van der Waals surface area contributed by atoms with Crippen LogP contribution in [0, 0.1) is 30.6 Å². The maximum atomic E-state index is 10.9. The van der Waals surface area contributed by atoms with Gasteiger partial charge in [0.25, 0.3) is 12.3 Å². The van der Waals surface area contributed by atoms with Gasteiger partial charge in [-0.2, -0.15) is 0 Å². The van der Waals surface area contributed by atoms with Crippen LogP contribution in [-0.2, 0) is 8.98 Å². The van der Waals surface area contributed by atoms with Crippen LogP contribution in [0.4, 0.5) is 0 Å². The number of carbonyl (C=O) groups is 1. The molecule has 0 aliphatic heterocycles. The molecule has 43 heavy (non-hydrogen) atoms. The topological polar surface area (TPSA) is 35.5 Å². The first-order valence-electron chi connectivity index (χ1n) is 13.8. The Kier molecular flexibility index (Phi) is 8.14. The van der Waals surface area contributed by atoms with E-state index in [1.54, 1.807) is 12.1 Å². The van der Waals surface area contributed by atoms with Crippen LogP contribution in [0.3, 0.4) is 0 Å². The van der Waals surface area contributed by atoms with Crippen LogP contribution in [-0.4, -0.2) is 5.97 Å². The van der Waals surface area contributed by atoms with Crippen LogP contribution in [0.15, 0.2) is 121 Å². The summed E-state index contributed by atoms with van der Waals surface area (Å²) in [4.78, 5) is 10.9. The van der Waals surface area contributed by atoms with E-state index >= 15 is 0 Å². The van der Waals surface area contributed by atoms with Crippen LogP contribution in [0.25, 0.3) is 32.7 Å². The van der Waals surface area contributed by atoms with E-state index in [9.17, 15) is 4.79 Å². The summed E-state index contributed by atoms with van der Waals surface area (Å²) >= 11 is 0.640. The fourth-order valence-corrected chi connectivity index (χ4v) is 5.18. The molecule has 6 aromatic rings. The highest BCUT2D eigenvalue weighted by Crippen LogP contribution is 2.32. The zero-order valence-electron chi connectivity index (χ0n) is 23.7. The number of hydrogen-bond donors (Lipinski definition) is 0. The molecule has 206 valence electrons. The first-order chi connectivity index (χ1) is 21.0. The van der Waals surface area contributed by atoms with Gasteiger partial charge in [0, 0.05) is 29.2 Å². The molecule has 6 rings (SSSR count). The predicted molar refractivity (Wildman–Crippen MR) is 176 cm³/mol. The highest BCUT2D eigenvalue weighted by atomic mass is 32.2. The quantitative estimate of drug-likeness (QED) is 0.119. The third-order valence-electron chi connectivity index (χ3n) is 7.00. The minimum absolute atomic E-state index is 0.420. The first-order valence-corrected chi connectivity index (χ1v) is 14.5. The Morgan fingerprint density at radius 2 is 0.977 bits per heavy atom. The molecule has 0 aliphatic rings. The second kappa shape index (κ2) is 12.6. The highest BCUT2D eigenvalue weighted by Gasteiger charge is 2.11. The van der Waals surface area contributed by atoms with Crippen LogP contribution in [0.2, 0.25) is 0 Å². The Morgan fingerprint density at radius 1 is 0.558 bits per heavy atom. The molecule has 0 aromatic heterocycles. The third kappa shape index (κ3) is 6.41. The lowest BCUT2D eigenvalue weighted by molar-refractivity contribution is -0.130. The standard InChI is InChI=1S/C39H26O3S/c1-27-11-19-31(20-12-27)32-21-13-29(14-22-32)17-25-38-34-7-3-5-9-36(34)39(37-10-6-4-8-35(37)38)26-18-30-15-23-33(24-16-30)42-43-41-28(2)40/h3-16,19-24H,1-2H3. The first kappa shape index (κ1) is 27.7. The van der Waals surface area contributed by atoms with Gasteiger partial charge in [0.15, 0.2) is 0 Å². The minimum atomic E-state index is -0.420. The van der Waals surface area contributed by atoms with E-state index < -0.39 is 5.97 Å². The molecule has 0 spiro atoms. The van der Waals surface area contributed by atoms with Crippen molar-refractivity contribution in [3.05, 3.63) is 149 Å². The number of rotatable bonds is 4. The Balaban J connectivity index is 1.35. The Labute approximate surface area is 255 Å². The largest absolute Gasteiger partial charge is 0.391 e. The number of fused-ring (bicyclic) bond motifs is 2. The van der Waals surface area contributed by atoms with Crippen LogP contribution < -0.4 is 4.18 Å². The van der Waals surface area contributed by atoms with E-state index in [1.165, 1.54) is 23.6 Å². The minimum Gasteiger partial charge on any atom is -0.391 e. The van der Waals surface area contributed by atoms with Crippen molar-refractivity contribution in [3.63, 3.8) is 0 Å². The van der Waals surface area contributed by atoms with E-state index in [0.29, 0.717) is 18.1 Å². The highest BCUT2D eigenvalue weighted by molar-refractivity contribution is 7.90. The predicted octanol–water partition coefficient (Wildman–Crippen LogP) is 9.27. The zero-order chi connectivity index (χ0) is 29.6. The average molecular weight is 575 g/mol. The second-order valence-electron chi connectivity index (χ2n) is 10.0. The summed E-state index contributed by atoms with van der Waals surface area (Å²) in [5.74, 6) is 13.8. The van der Waals surface area contributed by atoms with E-state index in [-0.39, 0.29) is 0 Å². The van der Waals surface area contributed by atoms with Gasteiger partial charge in [0.1, 0.15) is 5.75 Å². The summed E-state index contributed by atoms with van der Waals surface area (Å²) in [6.07, 6.45) is 0. The van der Waals surface area contributed by atoms with Gasteiger partial charge in [-0.3, -0.25) is 4.79 Å². The van der Waals surface area contributed by atoms with Crippen molar-refractivity contribution in [2.45, 2.75) is 13.8 Å². The summed E-state index contributed by atoms with van der Waals surface area (Å²) < 4.78 is 10.1. The molecule has 0 saturated heterocycles. The molecule has 0 heterocycles.